The molecule has 2 amide bonds. The molecule has 43 heavy (non-hydrogen) atoms. The van der Waals surface area contributed by atoms with Crippen LogP contribution in [0.3, 0.4) is 0 Å². The second-order valence-corrected chi connectivity index (χ2v) is 10.2. The number of halogens is 5. The van der Waals surface area contributed by atoms with Crippen LogP contribution in [0, 0.1) is 12.7 Å². The van der Waals surface area contributed by atoms with Crippen LogP contribution in [0.2, 0.25) is 5.02 Å². The van der Waals surface area contributed by atoms with Crippen LogP contribution in [0.25, 0.3) is 10.9 Å². The third-order valence-corrected chi connectivity index (χ3v) is 7.07. The maximum Gasteiger partial charge on any atom is 0.416 e. The topological polar surface area (TPSA) is 106 Å². The molecule has 4 aromatic rings. The minimum atomic E-state index is -4.74. The average Bonchev–Trinajstić information content (AvgIpc) is 2.94. The zero-order valence-electron chi connectivity index (χ0n) is 22.8. The van der Waals surface area contributed by atoms with Crippen molar-refractivity contribution < 1.29 is 36.6 Å². The molecule has 0 spiro atoms. The quantitative estimate of drug-likeness (QED) is 0.255. The molecule has 1 fully saturated rings. The third-order valence-electron chi connectivity index (χ3n) is 6.77. The lowest BCUT2D eigenvalue weighted by Gasteiger charge is -2.27. The SMILES string of the molecule is COc1cc2c(Oc3cc(C(=O)Nc4ccc(CN5CCNC(=O)C5)c(C(F)(F)F)c4)c(F)cc3C)ncnc2cc1Cl. The van der Waals surface area contributed by atoms with Crippen molar-refractivity contribution in [2.45, 2.75) is 19.6 Å². The monoisotopic (exact) mass is 617 g/mol. The van der Waals surface area contributed by atoms with Crippen molar-refractivity contribution in [1.29, 1.82) is 0 Å². The molecule has 1 aliphatic heterocycles. The van der Waals surface area contributed by atoms with Gasteiger partial charge in [-0.1, -0.05) is 17.7 Å². The van der Waals surface area contributed by atoms with Crippen molar-refractivity contribution in [3.63, 3.8) is 0 Å². The summed E-state index contributed by atoms with van der Waals surface area (Å²) < 4.78 is 68.0. The van der Waals surface area contributed by atoms with E-state index in [1.165, 1.54) is 25.6 Å². The summed E-state index contributed by atoms with van der Waals surface area (Å²) in [5, 5.41) is 5.72. The first-order valence-electron chi connectivity index (χ1n) is 12.9. The van der Waals surface area contributed by atoms with Gasteiger partial charge in [0.1, 0.15) is 23.6 Å². The molecule has 0 aliphatic carbocycles. The summed E-state index contributed by atoms with van der Waals surface area (Å²) in [5.74, 6) is -1.66. The molecule has 3 aromatic carbocycles. The van der Waals surface area contributed by atoms with Crippen molar-refractivity contribution >= 4 is 40.0 Å². The summed E-state index contributed by atoms with van der Waals surface area (Å²) in [5.41, 5.74) is -0.914. The molecule has 2 N–H and O–H groups in total. The van der Waals surface area contributed by atoms with Crippen molar-refractivity contribution in [3.05, 3.63) is 81.9 Å². The fourth-order valence-corrected chi connectivity index (χ4v) is 4.87. The van der Waals surface area contributed by atoms with E-state index < -0.39 is 29.0 Å². The van der Waals surface area contributed by atoms with Crippen molar-refractivity contribution in [2.75, 3.05) is 32.1 Å². The van der Waals surface area contributed by atoms with Gasteiger partial charge in [-0.2, -0.15) is 13.2 Å². The first-order valence-corrected chi connectivity index (χ1v) is 13.3. The molecule has 0 atom stereocenters. The Morgan fingerprint density at radius 1 is 1.14 bits per heavy atom. The maximum absolute atomic E-state index is 15.0. The van der Waals surface area contributed by atoms with Gasteiger partial charge in [-0.15, -0.1) is 0 Å². The van der Waals surface area contributed by atoms with Gasteiger partial charge < -0.3 is 20.1 Å². The molecular weight excluding hydrogens is 594 g/mol. The van der Waals surface area contributed by atoms with Crippen LogP contribution < -0.4 is 20.1 Å². The van der Waals surface area contributed by atoms with Gasteiger partial charge in [-0.05, 0) is 54.4 Å². The molecule has 1 aromatic heterocycles. The van der Waals surface area contributed by atoms with Crippen LogP contribution in [-0.2, 0) is 17.5 Å². The van der Waals surface area contributed by atoms with E-state index in [0.717, 1.165) is 18.2 Å². The Kier molecular flexibility index (Phi) is 8.38. The number of alkyl halides is 3. The number of fused-ring (bicyclic) bond motifs is 1. The van der Waals surface area contributed by atoms with Gasteiger partial charge in [0.05, 0.1) is 40.7 Å². The van der Waals surface area contributed by atoms with Crippen molar-refractivity contribution in [1.82, 2.24) is 20.2 Å². The highest BCUT2D eigenvalue weighted by Gasteiger charge is 2.34. The number of aryl methyl sites for hydroxylation is 1. The van der Waals surface area contributed by atoms with Gasteiger partial charge in [0.15, 0.2) is 0 Å². The summed E-state index contributed by atoms with van der Waals surface area (Å²) >= 11 is 6.18. The Morgan fingerprint density at radius 3 is 2.65 bits per heavy atom. The highest BCUT2D eigenvalue weighted by atomic mass is 35.5. The Morgan fingerprint density at radius 2 is 1.93 bits per heavy atom. The van der Waals surface area contributed by atoms with E-state index in [1.807, 2.05) is 0 Å². The number of benzene rings is 3. The van der Waals surface area contributed by atoms with E-state index >= 15 is 0 Å². The van der Waals surface area contributed by atoms with E-state index in [4.69, 9.17) is 21.1 Å². The zero-order chi connectivity index (χ0) is 30.9. The van der Waals surface area contributed by atoms with Crippen LogP contribution in [0.5, 0.6) is 17.4 Å². The number of aromatic nitrogens is 2. The van der Waals surface area contributed by atoms with Gasteiger partial charge >= 0.3 is 6.18 Å². The van der Waals surface area contributed by atoms with Crippen LogP contribution in [0.15, 0.2) is 48.8 Å². The molecular formula is C29H24ClF4N5O4. The lowest BCUT2D eigenvalue weighted by Crippen LogP contribution is -2.47. The number of carbonyl (C=O) groups is 2. The number of nitrogens with one attached hydrogen (secondary N) is 2. The van der Waals surface area contributed by atoms with Crippen molar-refractivity contribution in [2.24, 2.45) is 0 Å². The highest BCUT2D eigenvalue weighted by molar-refractivity contribution is 6.32. The lowest BCUT2D eigenvalue weighted by atomic mass is 10.0. The van der Waals surface area contributed by atoms with E-state index in [2.05, 4.69) is 20.6 Å². The Balaban J connectivity index is 1.41. The predicted molar refractivity (Wildman–Crippen MR) is 150 cm³/mol. The van der Waals surface area contributed by atoms with E-state index in [1.54, 1.807) is 24.0 Å². The van der Waals surface area contributed by atoms with Gasteiger partial charge in [0.25, 0.3) is 5.91 Å². The van der Waals surface area contributed by atoms with Gasteiger partial charge in [0.2, 0.25) is 11.8 Å². The van der Waals surface area contributed by atoms with E-state index in [0.29, 0.717) is 40.3 Å². The Bertz CT molecular complexity index is 1730. The molecule has 0 radical (unpaired) electrons. The molecule has 9 nitrogen and oxygen atoms in total. The Labute approximate surface area is 247 Å². The van der Waals surface area contributed by atoms with E-state index in [9.17, 15) is 27.2 Å². The lowest BCUT2D eigenvalue weighted by molar-refractivity contribution is -0.138. The second kappa shape index (κ2) is 12.0. The smallest absolute Gasteiger partial charge is 0.416 e. The number of anilines is 1. The summed E-state index contributed by atoms with van der Waals surface area (Å²) in [6, 6.07) is 8.65. The third kappa shape index (κ3) is 6.62. The average molecular weight is 618 g/mol. The molecule has 0 unspecified atom stereocenters. The molecule has 1 aliphatic rings. The number of amides is 2. The highest BCUT2D eigenvalue weighted by Crippen LogP contribution is 2.37. The van der Waals surface area contributed by atoms with Gasteiger partial charge in [-0.3, -0.25) is 14.5 Å². The predicted octanol–water partition coefficient (Wildman–Crippen LogP) is 5.73. The van der Waals surface area contributed by atoms with Crippen LogP contribution in [0.4, 0.5) is 23.2 Å². The minimum absolute atomic E-state index is 0.0288. The van der Waals surface area contributed by atoms with Gasteiger partial charge in [-0.25, -0.2) is 14.4 Å². The Hall–Kier alpha value is -4.49. The fourth-order valence-electron chi connectivity index (χ4n) is 4.63. The minimum Gasteiger partial charge on any atom is -0.495 e. The number of hydrogen-bond acceptors (Lipinski definition) is 7. The summed E-state index contributed by atoms with van der Waals surface area (Å²) in [4.78, 5) is 34.6. The molecule has 5 rings (SSSR count). The standard InChI is InChI=1S/C29H24ClF4N5O4/c1-15-7-22(31)18(9-24(15)43-28-19-10-25(42-2)21(30)11-23(19)36-14-37-28)27(41)38-17-4-3-16(20(8-17)29(32,33)34)12-39-6-5-35-26(40)13-39/h3-4,7-11,14H,5-6,12-13H2,1-2H3,(H,35,40)(H,38,41). The van der Waals surface area contributed by atoms with Crippen LogP contribution in [0.1, 0.15) is 27.0 Å². The summed E-state index contributed by atoms with van der Waals surface area (Å²) in [6.45, 7) is 2.14. The number of hydrogen-bond donors (Lipinski definition) is 2. The molecule has 14 heteroatoms. The zero-order valence-corrected chi connectivity index (χ0v) is 23.6. The first kappa shape index (κ1) is 30.0. The number of methoxy groups -OCH3 is 1. The largest absolute Gasteiger partial charge is 0.495 e. The van der Waals surface area contributed by atoms with Crippen LogP contribution in [-0.4, -0.2) is 53.4 Å². The fraction of sp³-hybridized carbons (Fsp3) is 0.241. The molecule has 224 valence electrons. The van der Waals surface area contributed by atoms with Gasteiger partial charge in [0, 0.05) is 25.3 Å². The number of piperazine rings is 1. The maximum atomic E-state index is 15.0. The van der Waals surface area contributed by atoms with Crippen molar-refractivity contribution in [3.8, 4) is 17.4 Å². The molecule has 1 saturated heterocycles. The summed E-state index contributed by atoms with van der Waals surface area (Å²) in [7, 11) is 1.44. The second-order valence-electron chi connectivity index (χ2n) is 9.77. The van der Waals surface area contributed by atoms with Crippen LogP contribution >= 0.6 is 11.6 Å². The molecule has 0 bridgehead atoms. The normalized spacial score (nSPS) is 14.0. The number of nitrogens with zero attached hydrogens (tertiary/aromatic N) is 3. The first-order chi connectivity index (χ1) is 20.4. The summed E-state index contributed by atoms with van der Waals surface area (Å²) in [6.07, 6.45) is -3.49. The van der Waals surface area contributed by atoms with E-state index in [-0.39, 0.29) is 41.9 Å². The number of rotatable bonds is 7. The number of ether oxygens (including phenoxy) is 2. The molecule has 0 saturated carbocycles. The molecule has 2 heterocycles. The number of carbonyl (C=O) groups excluding carboxylic acids is 2.